The van der Waals surface area contributed by atoms with Crippen LogP contribution in [0.5, 0.6) is 0 Å². The summed E-state index contributed by atoms with van der Waals surface area (Å²) in [6.45, 7) is 7.84. The van der Waals surface area contributed by atoms with E-state index in [0.29, 0.717) is 5.92 Å². The number of nitrogens with one attached hydrogen (secondary N) is 1. The molecule has 0 aliphatic heterocycles. The molecule has 0 radical (unpaired) electrons. The highest BCUT2D eigenvalue weighted by Gasteiger charge is 2.27. The van der Waals surface area contributed by atoms with Crippen molar-refractivity contribution in [2.75, 3.05) is 7.05 Å². The van der Waals surface area contributed by atoms with Crippen molar-refractivity contribution in [3.63, 3.8) is 0 Å². The zero-order valence-electron chi connectivity index (χ0n) is 8.19. The van der Waals surface area contributed by atoms with E-state index in [4.69, 9.17) is 0 Å². The molecule has 0 heterocycles. The summed E-state index contributed by atoms with van der Waals surface area (Å²) in [5, 5.41) is 3.06. The second-order valence-electron chi connectivity index (χ2n) is 3.74. The van der Waals surface area contributed by atoms with Gasteiger partial charge in [0.2, 0.25) is 0 Å². The Kier molecular flexibility index (Phi) is 3.73. The molecule has 0 amide bonds. The third-order valence-electron chi connectivity index (χ3n) is 2.15. The van der Waals surface area contributed by atoms with Crippen LogP contribution in [-0.2, 0) is 4.79 Å². The van der Waals surface area contributed by atoms with Gasteiger partial charge in [-0.15, -0.1) is 0 Å². The minimum absolute atomic E-state index is 0.216. The molecule has 66 valence electrons. The Morgan fingerprint density at radius 1 is 1.55 bits per heavy atom. The Morgan fingerprint density at radius 3 is 2.09 bits per heavy atom. The maximum absolute atomic E-state index is 11.2. The molecule has 2 nitrogen and oxygen atoms in total. The van der Waals surface area contributed by atoms with Gasteiger partial charge in [-0.25, -0.2) is 0 Å². The number of carbonyl (C=O) groups excluding carboxylic acids is 1. The number of Topliss-reactive ketones (excluding diaryl/α,β-unsaturated/α-hetero) is 1. The fourth-order valence-corrected chi connectivity index (χ4v) is 1.24. The van der Waals surface area contributed by atoms with Gasteiger partial charge in [0.1, 0.15) is 5.78 Å². The number of carbonyl (C=O) groups is 1. The molecule has 0 saturated heterocycles. The van der Waals surface area contributed by atoms with Crippen molar-refractivity contribution in [2.45, 2.75) is 39.7 Å². The monoisotopic (exact) mass is 157 g/mol. The van der Waals surface area contributed by atoms with E-state index in [1.807, 2.05) is 14.0 Å². The number of rotatable bonds is 4. The predicted molar refractivity (Wildman–Crippen MR) is 47.6 cm³/mol. The molecule has 0 aromatic heterocycles. The van der Waals surface area contributed by atoms with Gasteiger partial charge in [0.15, 0.2) is 0 Å². The van der Waals surface area contributed by atoms with Gasteiger partial charge in [-0.3, -0.25) is 4.79 Å². The molecule has 0 saturated carbocycles. The zero-order chi connectivity index (χ0) is 9.07. The average molecular weight is 157 g/mol. The first-order chi connectivity index (χ1) is 4.92. The van der Waals surface area contributed by atoms with Gasteiger partial charge in [-0.2, -0.15) is 0 Å². The van der Waals surface area contributed by atoms with Crippen molar-refractivity contribution in [2.24, 2.45) is 5.92 Å². The molecule has 1 N–H and O–H groups in total. The Morgan fingerprint density at radius 2 is 2.00 bits per heavy atom. The number of hydrogen-bond acceptors (Lipinski definition) is 2. The molecule has 1 atom stereocenters. The molecule has 0 unspecified atom stereocenters. The van der Waals surface area contributed by atoms with Crippen molar-refractivity contribution >= 4 is 5.78 Å². The van der Waals surface area contributed by atoms with Crippen LogP contribution in [0.25, 0.3) is 0 Å². The van der Waals surface area contributed by atoms with E-state index in [1.54, 1.807) is 6.92 Å². The van der Waals surface area contributed by atoms with E-state index < -0.39 is 0 Å². The Hall–Kier alpha value is -0.370. The van der Waals surface area contributed by atoms with E-state index in [0.717, 1.165) is 6.42 Å². The van der Waals surface area contributed by atoms with Crippen LogP contribution in [0, 0.1) is 5.92 Å². The molecule has 0 aromatic carbocycles. The fourth-order valence-electron chi connectivity index (χ4n) is 1.24. The zero-order valence-corrected chi connectivity index (χ0v) is 8.19. The second kappa shape index (κ2) is 3.86. The molecule has 11 heavy (non-hydrogen) atoms. The van der Waals surface area contributed by atoms with Gasteiger partial charge in [-0.05, 0) is 33.2 Å². The maximum Gasteiger partial charge on any atom is 0.149 e. The SMILES string of the molecule is CN[C@@](C)(CC(C)C)C(C)=O. The van der Waals surface area contributed by atoms with Crippen molar-refractivity contribution in [3.05, 3.63) is 0 Å². The molecule has 0 bridgehead atoms. The van der Waals surface area contributed by atoms with E-state index in [1.165, 1.54) is 0 Å². The lowest BCUT2D eigenvalue weighted by molar-refractivity contribution is -0.123. The number of hydrogen-bond donors (Lipinski definition) is 1. The van der Waals surface area contributed by atoms with E-state index in [-0.39, 0.29) is 11.3 Å². The first kappa shape index (κ1) is 10.6. The molecule has 0 aliphatic rings. The van der Waals surface area contributed by atoms with Gasteiger partial charge >= 0.3 is 0 Å². The lowest BCUT2D eigenvalue weighted by Gasteiger charge is -2.27. The highest BCUT2D eigenvalue weighted by molar-refractivity contribution is 5.85. The van der Waals surface area contributed by atoms with Crippen molar-refractivity contribution in [3.8, 4) is 0 Å². The van der Waals surface area contributed by atoms with Gasteiger partial charge in [-0.1, -0.05) is 13.8 Å². The van der Waals surface area contributed by atoms with Gasteiger partial charge < -0.3 is 5.32 Å². The quantitative estimate of drug-likeness (QED) is 0.671. The van der Waals surface area contributed by atoms with Crippen LogP contribution >= 0.6 is 0 Å². The molecule has 0 fully saturated rings. The number of likely N-dealkylation sites (N-methyl/N-ethyl adjacent to an activating group) is 1. The maximum atomic E-state index is 11.2. The Labute approximate surface area is 69.4 Å². The number of ketones is 1. The summed E-state index contributed by atoms with van der Waals surface area (Å²) in [5.74, 6) is 0.769. The average Bonchev–Trinajstić information content (AvgIpc) is 1.86. The van der Waals surface area contributed by atoms with Crippen LogP contribution in [0.3, 0.4) is 0 Å². The smallest absolute Gasteiger partial charge is 0.149 e. The lowest BCUT2D eigenvalue weighted by atomic mass is 9.88. The van der Waals surface area contributed by atoms with Crippen molar-refractivity contribution in [1.29, 1.82) is 0 Å². The Balaban J connectivity index is 4.22. The lowest BCUT2D eigenvalue weighted by Crippen LogP contribution is -2.47. The van der Waals surface area contributed by atoms with Crippen LogP contribution < -0.4 is 5.32 Å². The normalized spacial score (nSPS) is 16.5. The minimum Gasteiger partial charge on any atom is -0.308 e. The topological polar surface area (TPSA) is 29.1 Å². The second-order valence-corrected chi connectivity index (χ2v) is 3.74. The Bertz CT molecular complexity index is 142. The van der Waals surface area contributed by atoms with Gasteiger partial charge in [0.25, 0.3) is 0 Å². The molecular weight excluding hydrogens is 138 g/mol. The predicted octanol–water partition coefficient (Wildman–Crippen LogP) is 1.60. The standard InChI is InChI=1S/C9H19NO/c1-7(2)6-9(4,10-5)8(3)11/h7,10H,6H2,1-5H3/t9-/m0/s1. The van der Waals surface area contributed by atoms with Crippen LogP contribution in [0.1, 0.15) is 34.1 Å². The van der Waals surface area contributed by atoms with Crippen molar-refractivity contribution < 1.29 is 4.79 Å². The fraction of sp³-hybridized carbons (Fsp3) is 0.889. The molecule has 0 spiro atoms. The first-order valence-electron chi connectivity index (χ1n) is 4.12. The first-order valence-corrected chi connectivity index (χ1v) is 4.12. The molecule has 2 heteroatoms. The molecular formula is C9H19NO. The third-order valence-corrected chi connectivity index (χ3v) is 2.15. The van der Waals surface area contributed by atoms with Crippen LogP contribution in [0.2, 0.25) is 0 Å². The summed E-state index contributed by atoms with van der Waals surface area (Å²) >= 11 is 0. The van der Waals surface area contributed by atoms with E-state index >= 15 is 0 Å². The van der Waals surface area contributed by atoms with Gasteiger partial charge in [0.05, 0.1) is 5.54 Å². The summed E-state index contributed by atoms with van der Waals surface area (Å²) in [7, 11) is 1.84. The summed E-state index contributed by atoms with van der Waals surface area (Å²) in [5.41, 5.74) is -0.325. The largest absolute Gasteiger partial charge is 0.308 e. The van der Waals surface area contributed by atoms with E-state index in [9.17, 15) is 4.79 Å². The van der Waals surface area contributed by atoms with Crippen molar-refractivity contribution in [1.82, 2.24) is 5.32 Å². The molecule has 0 aromatic rings. The van der Waals surface area contributed by atoms with Gasteiger partial charge in [0, 0.05) is 0 Å². The van der Waals surface area contributed by atoms with E-state index in [2.05, 4.69) is 19.2 Å². The summed E-state index contributed by atoms with van der Waals surface area (Å²) in [6.07, 6.45) is 0.902. The minimum atomic E-state index is -0.325. The summed E-state index contributed by atoms with van der Waals surface area (Å²) in [4.78, 5) is 11.2. The van der Waals surface area contributed by atoms with Crippen LogP contribution in [-0.4, -0.2) is 18.4 Å². The van der Waals surface area contributed by atoms with Crippen LogP contribution in [0.15, 0.2) is 0 Å². The van der Waals surface area contributed by atoms with Crippen LogP contribution in [0.4, 0.5) is 0 Å². The molecule has 0 rings (SSSR count). The highest BCUT2D eigenvalue weighted by Crippen LogP contribution is 2.16. The molecule has 0 aliphatic carbocycles. The summed E-state index contributed by atoms with van der Waals surface area (Å²) < 4.78 is 0. The third kappa shape index (κ3) is 3.02. The summed E-state index contributed by atoms with van der Waals surface area (Å²) in [6, 6.07) is 0. The highest BCUT2D eigenvalue weighted by atomic mass is 16.1.